The van der Waals surface area contributed by atoms with Crippen LogP contribution < -0.4 is 4.74 Å². The summed E-state index contributed by atoms with van der Waals surface area (Å²) in [7, 11) is 0. The van der Waals surface area contributed by atoms with E-state index in [4.69, 9.17) is 4.74 Å². The highest BCUT2D eigenvalue weighted by molar-refractivity contribution is 6.46. The van der Waals surface area contributed by atoms with Gasteiger partial charge in [-0.25, -0.2) is 0 Å². The smallest absolute Gasteiger partial charge is 0.295 e. The van der Waals surface area contributed by atoms with Crippen molar-refractivity contribution in [2.75, 3.05) is 6.54 Å². The van der Waals surface area contributed by atoms with Gasteiger partial charge in [-0.15, -0.1) is 0 Å². The van der Waals surface area contributed by atoms with Crippen molar-refractivity contribution >= 4 is 17.4 Å². The van der Waals surface area contributed by atoms with Gasteiger partial charge in [-0.1, -0.05) is 25.8 Å². The highest BCUT2D eigenvalue weighted by atomic mass is 16.5. The topological polar surface area (TPSA) is 79.7 Å². The van der Waals surface area contributed by atoms with Crippen molar-refractivity contribution < 1.29 is 19.4 Å². The van der Waals surface area contributed by atoms with Crippen LogP contribution in [0.3, 0.4) is 0 Å². The van der Waals surface area contributed by atoms with Gasteiger partial charge in [0.25, 0.3) is 11.7 Å². The summed E-state index contributed by atoms with van der Waals surface area (Å²) in [5.41, 5.74) is 1.96. The molecule has 1 aliphatic rings. The molecule has 0 spiro atoms. The maximum atomic E-state index is 13.0. The molecule has 0 aliphatic carbocycles. The van der Waals surface area contributed by atoms with E-state index >= 15 is 0 Å². The zero-order valence-electron chi connectivity index (χ0n) is 18.6. The molecule has 164 valence electrons. The normalized spacial score (nSPS) is 18.1. The number of hydrogen-bond donors (Lipinski definition) is 1. The van der Waals surface area contributed by atoms with Crippen molar-refractivity contribution in [2.45, 2.75) is 59.1 Å². The Morgan fingerprint density at radius 2 is 1.97 bits per heavy atom. The first-order chi connectivity index (χ1) is 14.8. The summed E-state index contributed by atoms with van der Waals surface area (Å²) in [5, 5.41) is 11.1. The summed E-state index contributed by atoms with van der Waals surface area (Å²) < 4.78 is 5.77. The van der Waals surface area contributed by atoms with Gasteiger partial charge in [0.1, 0.15) is 17.6 Å². The standard InChI is InChI=1S/C25H30N2O4/c1-5-6-9-14-27-22(19-10-7-8-13-26-19)21(24(29)25(27)30)23(28)18-11-12-20(17(4)15-18)31-16(2)3/h7-8,10-13,15-16,22,28H,5-6,9,14H2,1-4H3/b23-21-. The average Bonchev–Trinajstić information content (AvgIpc) is 3.00. The largest absolute Gasteiger partial charge is 0.507 e. The van der Waals surface area contributed by atoms with Crippen LogP contribution in [0, 0.1) is 6.92 Å². The minimum atomic E-state index is -0.704. The van der Waals surface area contributed by atoms with E-state index in [9.17, 15) is 14.7 Å². The number of ketones is 1. The zero-order valence-corrected chi connectivity index (χ0v) is 18.6. The Labute approximate surface area is 183 Å². The molecule has 0 saturated carbocycles. The Balaban J connectivity index is 2.07. The van der Waals surface area contributed by atoms with Crippen LogP contribution in [-0.4, -0.2) is 39.3 Å². The third kappa shape index (κ3) is 4.79. The molecule has 1 unspecified atom stereocenters. The zero-order chi connectivity index (χ0) is 22.5. The second-order valence-corrected chi connectivity index (χ2v) is 8.10. The van der Waals surface area contributed by atoms with Gasteiger partial charge in [0.15, 0.2) is 0 Å². The number of rotatable bonds is 8. The molecule has 1 amide bonds. The van der Waals surface area contributed by atoms with Gasteiger partial charge >= 0.3 is 0 Å². The van der Waals surface area contributed by atoms with E-state index in [2.05, 4.69) is 11.9 Å². The number of amides is 1. The maximum absolute atomic E-state index is 13.0. The predicted molar refractivity (Wildman–Crippen MR) is 120 cm³/mol. The molecule has 6 nitrogen and oxygen atoms in total. The van der Waals surface area contributed by atoms with E-state index in [1.54, 1.807) is 36.5 Å². The fourth-order valence-corrected chi connectivity index (χ4v) is 3.83. The number of aliphatic hydroxyl groups excluding tert-OH is 1. The lowest BCUT2D eigenvalue weighted by atomic mass is 9.97. The van der Waals surface area contributed by atoms with E-state index in [0.717, 1.165) is 24.8 Å². The van der Waals surface area contributed by atoms with E-state index in [1.807, 2.05) is 26.8 Å². The van der Waals surface area contributed by atoms with Gasteiger partial charge in [-0.3, -0.25) is 14.6 Å². The Hall–Kier alpha value is -3.15. The van der Waals surface area contributed by atoms with Gasteiger partial charge in [0.05, 0.1) is 17.4 Å². The van der Waals surface area contributed by atoms with E-state index in [1.165, 1.54) is 4.90 Å². The van der Waals surface area contributed by atoms with Crippen molar-refractivity contribution in [2.24, 2.45) is 0 Å². The molecule has 1 aliphatic heterocycles. The first-order valence-electron chi connectivity index (χ1n) is 10.8. The molecule has 2 aromatic rings. The molecule has 1 fully saturated rings. The first kappa shape index (κ1) is 22.5. The number of ether oxygens (including phenoxy) is 1. The fraction of sp³-hybridized carbons (Fsp3) is 0.400. The Morgan fingerprint density at radius 3 is 2.58 bits per heavy atom. The fourth-order valence-electron chi connectivity index (χ4n) is 3.83. The number of hydrogen-bond acceptors (Lipinski definition) is 5. The number of carbonyl (C=O) groups excluding carboxylic acids is 2. The summed E-state index contributed by atoms with van der Waals surface area (Å²) in [6.45, 7) is 8.30. The van der Waals surface area contributed by atoms with E-state index in [0.29, 0.717) is 23.6 Å². The number of Topliss-reactive ketones (excluding diaryl/α,β-unsaturated/α-hetero) is 1. The van der Waals surface area contributed by atoms with Gasteiger partial charge in [0.2, 0.25) is 0 Å². The molecule has 1 atom stereocenters. The van der Waals surface area contributed by atoms with Crippen molar-refractivity contribution in [1.82, 2.24) is 9.88 Å². The number of aryl methyl sites for hydroxylation is 1. The van der Waals surface area contributed by atoms with Gasteiger partial charge in [0, 0.05) is 18.3 Å². The minimum Gasteiger partial charge on any atom is -0.507 e. The summed E-state index contributed by atoms with van der Waals surface area (Å²) in [6, 6.07) is 9.93. The van der Waals surface area contributed by atoms with Crippen LogP contribution in [-0.2, 0) is 9.59 Å². The first-order valence-corrected chi connectivity index (χ1v) is 10.8. The molecule has 6 heteroatoms. The number of aromatic nitrogens is 1. The molecule has 1 N–H and O–H groups in total. The number of benzene rings is 1. The maximum Gasteiger partial charge on any atom is 0.295 e. The molecule has 1 saturated heterocycles. The minimum absolute atomic E-state index is 0.0238. The second-order valence-electron chi connectivity index (χ2n) is 8.10. The van der Waals surface area contributed by atoms with Crippen LogP contribution in [0.15, 0.2) is 48.2 Å². The molecular formula is C25H30N2O4. The summed E-state index contributed by atoms with van der Waals surface area (Å²) in [5.74, 6) is -0.742. The van der Waals surface area contributed by atoms with E-state index < -0.39 is 17.7 Å². The Kier molecular flexibility index (Phi) is 7.10. The number of unbranched alkanes of at least 4 members (excludes halogenated alkanes) is 2. The highest BCUT2D eigenvalue weighted by Gasteiger charge is 2.46. The van der Waals surface area contributed by atoms with Crippen molar-refractivity contribution in [3.05, 3.63) is 65.0 Å². The number of carbonyl (C=O) groups is 2. The van der Waals surface area contributed by atoms with Gasteiger partial charge < -0.3 is 14.7 Å². The summed E-state index contributed by atoms with van der Waals surface area (Å²) in [6.07, 6.45) is 4.39. The van der Waals surface area contributed by atoms with Crippen molar-refractivity contribution in [3.63, 3.8) is 0 Å². The number of pyridine rings is 1. The van der Waals surface area contributed by atoms with Crippen molar-refractivity contribution in [1.29, 1.82) is 0 Å². The molecule has 31 heavy (non-hydrogen) atoms. The molecule has 2 heterocycles. The summed E-state index contributed by atoms with van der Waals surface area (Å²) in [4.78, 5) is 31.8. The quantitative estimate of drug-likeness (QED) is 0.286. The second kappa shape index (κ2) is 9.77. The summed E-state index contributed by atoms with van der Waals surface area (Å²) >= 11 is 0. The monoisotopic (exact) mass is 422 g/mol. The Morgan fingerprint density at radius 1 is 1.19 bits per heavy atom. The highest BCUT2D eigenvalue weighted by Crippen LogP contribution is 2.39. The lowest BCUT2D eigenvalue weighted by molar-refractivity contribution is -0.140. The molecule has 1 aromatic carbocycles. The van der Waals surface area contributed by atoms with Crippen LogP contribution in [0.5, 0.6) is 5.75 Å². The molecule has 1 aromatic heterocycles. The average molecular weight is 423 g/mol. The number of nitrogens with zero attached hydrogens (tertiary/aromatic N) is 2. The lowest BCUT2D eigenvalue weighted by Gasteiger charge is -2.24. The Bertz CT molecular complexity index is 982. The number of aliphatic hydroxyl groups is 1. The molecule has 3 rings (SSSR count). The molecule has 0 radical (unpaired) electrons. The van der Waals surface area contributed by atoms with Gasteiger partial charge in [-0.2, -0.15) is 0 Å². The van der Waals surface area contributed by atoms with E-state index in [-0.39, 0.29) is 17.4 Å². The van der Waals surface area contributed by atoms with Crippen LogP contribution in [0.2, 0.25) is 0 Å². The number of likely N-dealkylation sites (tertiary alicyclic amines) is 1. The van der Waals surface area contributed by atoms with Gasteiger partial charge in [-0.05, 0) is 63.1 Å². The lowest BCUT2D eigenvalue weighted by Crippen LogP contribution is -2.31. The predicted octanol–water partition coefficient (Wildman–Crippen LogP) is 4.79. The van der Waals surface area contributed by atoms with Crippen LogP contribution >= 0.6 is 0 Å². The SMILES string of the molecule is CCCCCN1C(=O)C(=O)/C(=C(\O)c2ccc(OC(C)C)c(C)c2)C1c1ccccn1. The van der Waals surface area contributed by atoms with Crippen LogP contribution in [0.4, 0.5) is 0 Å². The van der Waals surface area contributed by atoms with Crippen LogP contribution in [0.25, 0.3) is 5.76 Å². The molecular weight excluding hydrogens is 392 g/mol. The van der Waals surface area contributed by atoms with Crippen molar-refractivity contribution in [3.8, 4) is 5.75 Å². The third-order valence-corrected chi connectivity index (χ3v) is 5.32. The van der Waals surface area contributed by atoms with Crippen LogP contribution in [0.1, 0.15) is 62.9 Å². The molecule has 0 bridgehead atoms. The third-order valence-electron chi connectivity index (χ3n) is 5.32.